The second kappa shape index (κ2) is 5.09. The molecule has 16 heavy (non-hydrogen) atoms. The van der Waals surface area contributed by atoms with Gasteiger partial charge in [0, 0.05) is 0 Å². The summed E-state index contributed by atoms with van der Waals surface area (Å²) in [4.78, 5) is 22.1. The first-order valence-corrected chi connectivity index (χ1v) is 4.90. The Labute approximate surface area is 101 Å². The van der Waals surface area contributed by atoms with Crippen molar-refractivity contribution in [3.05, 3.63) is 21.9 Å². The number of aliphatic carboxylic acids is 1. The molecule has 1 atom stereocenters. The van der Waals surface area contributed by atoms with E-state index in [9.17, 15) is 9.59 Å². The molecule has 0 aliphatic rings. The number of carboxylic acids is 1. The predicted molar refractivity (Wildman–Crippen MR) is 56.6 cm³/mol. The highest BCUT2D eigenvalue weighted by Gasteiger charge is 2.18. The van der Waals surface area contributed by atoms with Crippen molar-refractivity contribution in [1.29, 1.82) is 0 Å². The largest absolute Gasteiger partial charge is 0.480 e. The van der Waals surface area contributed by atoms with Gasteiger partial charge in [-0.3, -0.25) is 9.59 Å². The minimum atomic E-state index is -1.16. The number of nitrogens with one attached hydrogen (secondary N) is 1. The van der Waals surface area contributed by atoms with Crippen LogP contribution in [-0.4, -0.2) is 33.2 Å². The van der Waals surface area contributed by atoms with Crippen molar-refractivity contribution in [1.82, 2.24) is 15.5 Å². The van der Waals surface area contributed by atoms with E-state index in [-0.39, 0.29) is 15.9 Å². The van der Waals surface area contributed by atoms with Crippen LogP contribution in [0, 0.1) is 0 Å². The van der Waals surface area contributed by atoms with Crippen LogP contribution in [0.25, 0.3) is 0 Å². The molecule has 0 saturated carbocycles. The first-order valence-electron chi connectivity index (χ1n) is 4.14. The van der Waals surface area contributed by atoms with Crippen LogP contribution < -0.4 is 5.32 Å². The third kappa shape index (κ3) is 3.04. The van der Waals surface area contributed by atoms with Gasteiger partial charge in [0.05, 0.1) is 5.56 Å². The second-order valence-corrected chi connectivity index (χ2v) is 3.65. The number of halogens is 2. The lowest BCUT2D eigenvalue weighted by atomic mass is 10.2. The Morgan fingerprint density at radius 3 is 2.62 bits per heavy atom. The summed E-state index contributed by atoms with van der Waals surface area (Å²) in [6.07, 6.45) is 0. The lowest BCUT2D eigenvalue weighted by molar-refractivity contribution is -0.138. The van der Waals surface area contributed by atoms with Gasteiger partial charge in [-0.25, -0.2) is 0 Å². The summed E-state index contributed by atoms with van der Waals surface area (Å²) in [5.74, 6) is -1.82. The summed E-state index contributed by atoms with van der Waals surface area (Å²) >= 11 is 11.1. The van der Waals surface area contributed by atoms with E-state index in [1.54, 1.807) is 0 Å². The number of nitrogens with zero attached hydrogens (tertiary/aromatic N) is 2. The Balaban J connectivity index is 2.88. The van der Waals surface area contributed by atoms with E-state index < -0.39 is 17.9 Å². The first kappa shape index (κ1) is 12.7. The van der Waals surface area contributed by atoms with E-state index in [1.165, 1.54) is 13.0 Å². The van der Waals surface area contributed by atoms with Crippen molar-refractivity contribution in [3.8, 4) is 0 Å². The third-order valence-electron chi connectivity index (χ3n) is 1.68. The minimum absolute atomic E-state index is 0.00229. The molecule has 0 bridgehead atoms. The van der Waals surface area contributed by atoms with Crippen LogP contribution in [0.5, 0.6) is 0 Å². The second-order valence-electron chi connectivity index (χ2n) is 2.90. The SMILES string of the molecule is C[C@H](NC(=O)c1cc(Cl)nnc1Cl)C(=O)O. The molecule has 0 aliphatic carbocycles. The van der Waals surface area contributed by atoms with Gasteiger partial charge in [0.15, 0.2) is 10.3 Å². The van der Waals surface area contributed by atoms with E-state index in [1.807, 2.05) is 0 Å². The molecule has 1 aromatic rings. The number of aromatic nitrogens is 2. The zero-order chi connectivity index (χ0) is 12.3. The number of carbonyl (C=O) groups is 2. The number of rotatable bonds is 3. The topological polar surface area (TPSA) is 92.2 Å². The molecule has 0 aromatic carbocycles. The molecule has 1 heterocycles. The maximum absolute atomic E-state index is 11.5. The summed E-state index contributed by atoms with van der Waals surface area (Å²) in [6.45, 7) is 1.32. The van der Waals surface area contributed by atoms with E-state index >= 15 is 0 Å². The maximum Gasteiger partial charge on any atom is 0.325 e. The number of carboxylic acid groups (broad SMARTS) is 1. The minimum Gasteiger partial charge on any atom is -0.480 e. The lowest BCUT2D eigenvalue weighted by Gasteiger charge is -2.09. The summed E-state index contributed by atoms with van der Waals surface area (Å²) in [7, 11) is 0. The molecule has 0 spiro atoms. The lowest BCUT2D eigenvalue weighted by Crippen LogP contribution is -2.38. The van der Waals surface area contributed by atoms with Crippen molar-refractivity contribution in [2.24, 2.45) is 0 Å². The van der Waals surface area contributed by atoms with Gasteiger partial charge in [-0.2, -0.15) is 0 Å². The van der Waals surface area contributed by atoms with E-state index in [0.29, 0.717) is 0 Å². The Morgan fingerprint density at radius 1 is 1.44 bits per heavy atom. The highest BCUT2D eigenvalue weighted by Crippen LogP contribution is 2.15. The Hall–Kier alpha value is -1.40. The fourth-order valence-corrected chi connectivity index (χ4v) is 1.17. The van der Waals surface area contributed by atoms with Crippen molar-refractivity contribution in [3.63, 3.8) is 0 Å². The van der Waals surface area contributed by atoms with Gasteiger partial charge < -0.3 is 10.4 Å². The van der Waals surface area contributed by atoms with Gasteiger partial charge in [0.1, 0.15) is 6.04 Å². The van der Waals surface area contributed by atoms with Crippen LogP contribution in [0.3, 0.4) is 0 Å². The molecular weight excluding hydrogens is 257 g/mol. The highest BCUT2D eigenvalue weighted by atomic mass is 35.5. The van der Waals surface area contributed by atoms with Crippen molar-refractivity contribution in [2.75, 3.05) is 0 Å². The highest BCUT2D eigenvalue weighted by molar-refractivity contribution is 6.34. The Morgan fingerprint density at radius 2 is 2.06 bits per heavy atom. The fraction of sp³-hybridized carbons (Fsp3) is 0.250. The van der Waals surface area contributed by atoms with Crippen LogP contribution in [0.15, 0.2) is 6.07 Å². The first-order chi connectivity index (χ1) is 7.41. The smallest absolute Gasteiger partial charge is 0.325 e. The molecule has 8 heteroatoms. The number of carbonyl (C=O) groups excluding carboxylic acids is 1. The van der Waals surface area contributed by atoms with E-state index in [0.717, 1.165) is 0 Å². The molecule has 6 nitrogen and oxygen atoms in total. The number of amides is 1. The standard InChI is InChI=1S/C8H7Cl2N3O3/c1-3(8(15)16)11-7(14)4-2-5(9)12-13-6(4)10/h2-3H,1H3,(H,11,14)(H,15,16)/t3-/m0/s1. The van der Waals surface area contributed by atoms with Gasteiger partial charge in [-0.15, -0.1) is 10.2 Å². The van der Waals surface area contributed by atoms with Crippen LogP contribution in [0.1, 0.15) is 17.3 Å². The summed E-state index contributed by atoms with van der Waals surface area (Å²) in [5, 5.41) is 17.5. The van der Waals surface area contributed by atoms with Crippen LogP contribution in [0.2, 0.25) is 10.3 Å². The van der Waals surface area contributed by atoms with Crippen LogP contribution in [-0.2, 0) is 4.79 Å². The van der Waals surface area contributed by atoms with E-state index in [2.05, 4.69) is 15.5 Å². The summed E-state index contributed by atoms with van der Waals surface area (Å²) < 4.78 is 0. The number of hydrogen-bond donors (Lipinski definition) is 2. The molecule has 0 saturated heterocycles. The van der Waals surface area contributed by atoms with Crippen molar-refractivity contribution >= 4 is 35.1 Å². The predicted octanol–water partition coefficient (Wildman–Crippen LogP) is 0.986. The Kier molecular flexibility index (Phi) is 4.03. The van der Waals surface area contributed by atoms with Gasteiger partial charge >= 0.3 is 5.97 Å². The molecular formula is C8H7Cl2N3O3. The van der Waals surface area contributed by atoms with Crippen LogP contribution in [0.4, 0.5) is 0 Å². The summed E-state index contributed by atoms with van der Waals surface area (Å²) in [5.41, 5.74) is -0.0187. The maximum atomic E-state index is 11.5. The van der Waals surface area contributed by atoms with Gasteiger partial charge in [0.2, 0.25) is 0 Å². The Bertz CT molecular complexity index is 439. The summed E-state index contributed by atoms with van der Waals surface area (Å²) in [6, 6.07) is 0.177. The molecule has 0 radical (unpaired) electrons. The third-order valence-corrected chi connectivity index (χ3v) is 2.15. The monoisotopic (exact) mass is 263 g/mol. The average Bonchev–Trinajstić information content (AvgIpc) is 2.21. The average molecular weight is 264 g/mol. The van der Waals surface area contributed by atoms with Gasteiger partial charge in [-0.1, -0.05) is 23.2 Å². The zero-order valence-electron chi connectivity index (χ0n) is 8.07. The molecule has 86 valence electrons. The molecule has 0 fully saturated rings. The normalized spacial score (nSPS) is 11.9. The number of hydrogen-bond acceptors (Lipinski definition) is 4. The fourth-order valence-electron chi connectivity index (χ4n) is 0.848. The van der Waals surface area contributed by atoms with E-state index in [4.69, 9.17) is 28.3 Å². The molecule has 0 aliphatic heterocycles. The molecule has 0 unspecified atom stereocenters. The zero-order valence-corrected chi connectivity index (χ0v) is 9.58. The van der Waals surface area contributed by atoms with Gasteiger partial charge in [0.25, 0.3) is 5.91 Å². The molecule has 1 aromatic heterocycles. The molecule has 1 amide bonds. The molecule has 1 rings (SSSR count). The van der Waals surface area contributed by atoms with Gasteiger partial charge in [-0.05, 0) is 13.0 Å². The van der Waals surface area contributed by atoms with Crippen LogP contribution >= 0.6 is 23.2 Å². The quantitative estimate of drug-likeness (QED) is 0.849. The molecule has 2 N–H and O–H groups in total. The van der Waals surface area contributed by atoms with Crippen molar-refractivity contribution in [2.45, 2.75) is 13.0 Å². The van der Waals surface area contributed by atoms with Crippen molar-refractivity contribution < 1.29 is 14.7 Å².